The standard InChI is InChI=1S/C8H24N4Si/c1-7-9-13(10-8-2,11(3)4)12(5)6/h9-10H,7-8H2,1-6H3. The molecule has 0 radical (unpaired) electrons. The number of hydrogen-bond acceptors (Lipinski definition) is 4. The molecule has 0 saturated carbocycles. The number of nitrogens with zero attached hydrogens (tertiary/aromatic N) is 2. The Balaban J connectivity index is 4.59. The number of hydrogen-bond donors (Lipinski definition) is 2. The summed E-state index contributed by atoms with van der Waals surface area (Å²) in [5.41, 5.74) is 0. The van der Waals surface area contributed by atoms with E-state index < -0.39 is 8.72 Å². The number of rotatable bonds is 6. The Morgan fingerprint density at radius 2 is 1.15 bits per heavy atom. The molecule has 0 aromatic rings. The Kier molecular flexibility index (Phi) is 5.74. The second-order valence-electron chi connectivity index (χ2n) is 3.52. The predicted octanol–water partition coefficient (Wildman–Crippen LogP) is -0.236. The minimum Gasteiger partial charge on any atom is -0.301 e. The van der Waals surface area contributed by atoms with Crippen molar-refractivity contribution in [2.45, 2.75) is 13.8 Å². The lowest BCUT2D eigenvalue weighted by molar-refractivity contribution is 0.432. The van der Waals surface area contributed by atoms with Crippen LogP contribution < -0.4 is 9.96 Å². The van der Waals surface area contributed by atoms with Crippen LogP contribution in [0.15, 0.2) is 0 Å². The van der Waals surface area contributed by atoms with E-state index in [2.05, 4.69) is 61.1 Å². The Bertz CT molecular complexity index is 122. The monoisotopic (exact) mass is 204 g/mol. The van der Waals surface area contributed by atoms with Gasteiger partial charge in [0, 0.05) is 0 Å². The molecule has 0 amide bonds. The normalized spacial score (nSPS) is 12.9. The molecule has 0 aliphatic rings. The van der Waals surface area contributed by atoms with Gasteiger partial charge >= 0.3 is 8.72 Å². The summed E-state index contributed by atoms with van der Waals surface area (Å²) < 4.78 is 4.56. The summed E-state index contributed by atoms with van der Waals surface area (Å²) in [6, 6.07) is 0. The average molecular weight is 204 g/mol. The fraction of sp³-hybridized carbons (Fsp3) is 1.00. The Labute approximate surface area is 83.6 Å². The first-order valence-corrected chi connectivity index (χ1v) is 6.75. The van der Waals surface area contributed by atoms with Gasteiger partial charge in [0.15, 0.2) is 0 Å². The van der Waals surface area contributed by atoms with Gasteiger partial charge in [-0.25, -0.2) is 0 Å². The molecule has 0 spiro atoms. The topological polar surface area (TPSA) is 30.5 Å². The van der Waals surface area contributed by atoms with E-state index in [1.54, 1.807) is 0 Å². The van der Waals surface area contributed by atoms with E-state index in [4.69, 9.17) is 0 Å². The molecule has 0 aromatic heterocycles. The molecule has 2 N–H and O–H groups in total. The molecule has 0 heterocycles. The van der Waals surface area contributed by atoms with Crippen LogP contribution in [0.5, 0.6) is 0 Å². The molecular formula is C8H24N4Si. The fourth-order valence-corrected chi connectivity index (χ4v) is 4.76. The molecule has 0 aliphatic carbocycles. The zero-order valence-corrected chi connectivity index (χ0v) is 10.8. The van der Waals surface area contributed by atoms with Gasteiger partial charge in [-0.3, -0.25) is 9.13 Å². The van der Waals surface area contributed by atoms with Gasteiger partial charge in [-0.2, -0.15) is 0 Å². The smallest absolute Gasteiger partial charge is 0.301 e. The Morgan fingerprint density at radius 3 is 1.31 bits per heavy atom. The van der Waals surface area contributed by atoms with Gasteiger partial charge in [-0.15, -0.1) is 0 Å². The first-order chi connectivity index (χ1) is 6.01. The third-order valence-electron chi connectivity index (χ3n) is 2.14. The summed E-state index contributed by atoms with van der Waals surface area (Å²) in [5.74, 6) is 0. The van der Waals surface area contributed by atoms with Crippen LogP contribution >= 0.6 is 0 Å². The van der Waals surface area contributed by atoms with E-state index in [1.165, 1.54) is 0 Å². The van der Waals surface area contributed by atoms with Crippen LogP contribution in [0.3, 0.4) is 0 Å². The lowest BCUT2D eigenvalue weighted by Gasteiger charge is -2.42. The summed E-state index contributed by atoms with van der Waals surface area (Å²) in [4.78, 5) is 7.15. The quantitative estimate of drug-likeness (QED) is 0.585. The molecule has 0 bridgehead atoms. The highest BCUT2D eigenvalue weighted by Crippen LogP contribution is 2.00. The first-order valence-electron chi connectivity index (χ1n) is 4.86. The zero-order chi connectivity index (χ0) is 10.5. The molecule has 4 nitrogen and oxygen atoms in total. The van der Waals surface area contributed by atoms with Crippen molar-refractivity contribution < 1.29 is 0 Å². The van der Waals surface area contributed by atoms with Crippen molar-refractivity contribution in [2.75, 3.05) is 41.3 Å². The largest absolute Gasteiger partial charge is 0.370 e. The van der Waals surface area contributed by atoms with Crippen molar-refractivity contribution in [1.29, 1.82) is 0 Å². The van der Waals surface area contributed by atoms with Gasteiger partial charge < -0.3 is 9.96 Å². The van der Waals surface area contributed by atoms with Crippen molar-refractivity contribution >= 4 is 8.72 Å². The predicted molar refractivity (Wildman–Crippen MR) is 60.5 cm³/mol. The fourth-order valence-electron chi connectivity index (χ4n) is 1.59. The van der Waals surface area contributed by atoms with Crippen molar-refractivity contribution in [1.82, 2.24) is 19.1 Å². The molecule has 0 unspecified atom stereocenters. The average Bonchev–Trinajstić information content (AvgIpc) is 2.03. The van der Waals surface area contributed by atoms with Crippen molar-refractivity contribution in [2.24, 2.45) is 0 Å². The Morgan fingerprint density at radius 1 is 0.846 bits per heavy atom. The van der Waals surface area contributed by atoms with E-state index in [0.29, 0.717) is 0 Å². The van der Waals surface area contributed by atoms with Crippen molar-refractivity contribution in [3.05, 3.63) is 0 Å². The van der Waals surface area contributed by atoms with Crippen molar-refractivity contribution in [3.63, 3.8) is 0 Å². The van der Waals surface area contributed by atoms with Crippen LogP contribution in [0.4, 0.5) is 0 Å². The second kappa shape index (κ2) is 5.72. The van der Waals surface area contributed by atoms with E-state index in [0.717, 1.165) is 13.1 Å². The summed E-state index contributed by atoms with van der Waals surface area (Å²) >= 11 is 0. The van der Waals surface area contributed by atoms with Crippen LogP contribution in [0.25, 0.3) is 0 Å². The van der Waals surface area contributed by atoms with Gasteiger partial charge in [0.25, 0.3) is 0 Å². The molecule has 0 fully saturated rings. The van der Waals surface area contributed by atoms with Gasteiger partial charge in [-0.1, -0.05) is 13.8 Å². The molecular weight excluding hydrogens is 180 g/mol. The van der Waals surface area contributed by atoms with Crippen LogP contribution in [0, 0.1) is 0 Å². The van der Waals surface area contributed by atoms with Crippen molar-refractivity contribution in [3.8, 4) is 0 Å². The highest BCUT2D eigenvalue weighted by molar-refractivity contribution is 6.69. The van der Waals surface area contributed by atoms with E-state index in [1.807, 2.05) is 0 Å². The zero-order valence-electron chi connectivity index (χ0n) is 9.81. The highest BCUT2D eigenvalue weighted by atomic mass is 28.4. The SMILES string of the molecule is CCN[Si](NCC)(N(C)C)N(C)C. The molecule has 0 aliphatic heterocycles. The second-order valence-corrected chi connectivity index (χ2v) is 7.36. The molecule has 80 valence electrons. The van der Waals surface area contributed by atoms with Crippen LogP contribution in [0.1, 0.15) is 13.8 Å². The maximum atomic E-state index is 3.58. The number of nitrogens with one attached hydrogen (secondary N) is 2. The van der Waals surface area contributed by atoms with Gasteiger partial charge in [0.05, 0.1) is 0 Å². The van der Waals surface area contributed by atoms with Gasteiger partial charge in [-0.05, 0) is 41.3 Å². The highest BCUT2D eigenvalue weighted by Gasteiger charge is 2.38. The summed E-state index contributed by atoms with van der Waals surface area (Å²) in [6.45, 7) is 6.28. The molecule has 0 aromatic carbocycles. The molecule has 0 rings (SSSR count). The van der Waals surface area contributed by atoms with Gasteiger partial charge in [0.1, 0.15) is 0 Å². The third-order valence-corrected chi connectivity index (χ3v) is 6.42. The maximum Gasteiger partial charge on any atom is 0.370 e. The molecule has 13 heavy (non-hydrogen) atoms. The molecule has 0 atom stereocenters. The third kappa shape index (κ3) is 3.03. The maximum absolute atomic E-state index is 3.58. The minimum absolute atomic E-state index is 0.996. The Hall–Kier alpha value is 0.0569. The summed E-state index contributed by atoms with van der Waals surface area (Å²) in [6.07, 6.45) is 0. The first kappa shape index (κ1) is 13.1. The van der Waals surface area contributed by atoms with E-state index in [9.17, 15) is 0 Å². The molecule has 5 heteroatoms. The molecule has 0 saturated heterocycles. The van der Waals surface area contributed by atoms with Crippen LogP contribution in [-0.4, -0.2) is 59.1 Å². The summed E-state index contributed by atoms with van der Waals surface area (Å²) in [7, 11) is 6.71. The lowest BCUT2D eigenvalue weighted by atomic mass is 10.8. The van der Waals surface area contributed by atoms with Crippen LogP contribution in [-0.2, 0) is 0 Å². The summed E-state index contributed by atoms with van der Waals surface area (Å²) in [5, 5.41) is 0. The van der Waals surface area contributed by atoms with E-state index in [-0.39, 0.29) is 0 Å². The minimum atomic E-state index is -1.78. The van der Waals surface area contributed by atoms with Crippen LogP contribution in [0.2, 0.25) is 0 Å². The van der Waals surface area contributed by atoms with Gasteiger partial charge in [0.2, 0.25) is 0 Å². The van der Waals surface area contributed by atoms with E-state index >= 15 is 0 Å². The lowest BCUT2D eigenvalue weighted by Crippen LogP contribution is -2.79.